The summed E-state index contributed by atoms with van der Waals surface area (Å²) in [5.41, 5.74) is 3.14. The van der Waals surface area contributed by atoms with Crippen LogP contribution in [0.25, 0.3) is 0 Å². The summed E-state index contributed by atoms with van der Waals surface area (Å²) in [7, 11) is 0. The van der Waals surface area contributed by atoms with Crippen molar-refractivity contribution in [1.82, 2.24) is 4.98 Å². The van der Waals surface area contributed by atoms with Gasteiger partial charge in [-0.25, -0.2) is 0 Å². The molecule has 0 unspecified atom stereocenters. The molecule has 0 N–H and O–H groups in total. The summed E-state index contributed by atoms with van der Waals surface area (Å²) < 4.78 is 0. The van der Waals surface area contributed by atoms with Crippen molar-refractivity contribution in [1.29, 1.82) is 0 Å². The molecule has 1 fully saturated rings. The zero-order chi connectivity index (χ0) is 13.2. The molecule has 1 heterocycles. The van der Waals surface area contributed by atoms with Crippen LogP contribution in [0.4, 0.5) is 0 Å². The Labute approximate surface area is 112 Å². The summed E-state index contributed by atoms with van der Waals surface area (Å²) >= 11 is 0. The van der Waals surface area contributed by atoms with E-state index in [9.17, 15) is 0 Å². The van der Waals surface area contributed by atoms with Crippen LogP contribution >= 0.6 is 0 Å². The van der Waals surface area contributed by atoms with E-state index in [-0.39, 0.29) is 0 Å². The Balaban J connectivity index is 1.96. The topological polar surface area (TPSA) is 12.9 Å². The van der Waals surface area contributed by atoms with Crippen LogP contribution in [0.3, 0.4) is 0 Å². The molecule has 1 aromatic heterocycles. The number of pyridine rings is 1. The van der Waals surface area contributed by atoms with Gasteiger partial charge >= 0.3 is 0 Å². The van der Waals surface area contributed by atoms with E-state index in [1.54, 1.807) is 0 Å². The first-order valence-electron chi connectivity index (χ1n) is 7.45. The Morgan fingerprint density at radius 1 is 1.11 bits per heavy atom. The minimum Gasteiger partial charge on any atom is -0.261 e. The van der Waals surface area contributed by atoms with E-state index in [2.05, 4.69) is 51.0 Å². The summed E-state index contributed by atoms with van der Waals surface area (Å²) in [5, 5.41) is 0. The third-order valence-corrected chi connectivity index (χ3v) is 4.63. The van der Waals surface area contributed by atoms with Crippen molar-refractivity contribution in [3.05, 3.63) is 29.6 Å². The highest BCUT2D eigenvalue weighted by Gasteiger charge is 2.30. The quantitative estimate of drug-likeness (QED) is 0.717. The van der Waals surface area contributed by atoms with Crippen molar-refractivity contribution >= 4 is 0 Å². The van der Waals surface area contributed by atoms with E-state index in [4.69, 9.17) is 0 Å². The Kier molecular flexibility index (Phi) is 4.09. The fourth-order valence-electron chi connectivity index (χ4n) is 3.14. The van der Waals surface area contributed by atoms with Gasteiger partial charge < -0.3 is 0 Å². The Morgan fingerprint density at radius 3 is 2.22 bits per heavy atom. The van der Waals surface area contributed by atoms with Gasteiger partial charge in [0.2, 0.25) is 0 Å². The van der Waals surface area contributed by atoms with Gasteiger partial charge in [-0.05, 0) is 55.1 Å². The summed E-state index contributed by atoms with van der Waals surface area (Å²) in [6, 6.07) is 4.50. The molecule has 2 rings (SSSR count). The average molecular weight is 245 g/mol. The highest BCUT2D eigenvalue weighted by atomic mass is 14.7. The molecule has 0 radical (unpaired) electrons. The summed E-state index contributed by atoms with van der Waals surface area (Å²) in [5.74, 6) is 1.60. The molecule has 0 amide bonds. The van der Waals surface area contributed by atoms with Crippen LogP contribution < -0.4 is 0 Å². The number of aryl methyl sites for hydroxylation is 1. The molecule has 0 spiro atoms. The first kappa shape index (κ1) is 13.6. The van der Waals surface area contributed by atoms with Crippen molar-refractivity contribution in [3.63, 3.8) is 0 Å². The Bertz CT molecular complexity index is 364. The van der Waals surface area contributed by atoms with Crippen molar-refractivity contribution in [2.45, 2.75) is 65.7 Å². The fraction of sp³-hybridized carbons (Fsp3) is 0.706. The van der Waals surface area contributed by atoms with Crippen LogP contribution in [-0.4, -0.2) is 4.98 Å². The van der Waals surface area contributed by atoms with E-state index in [0.29, 0.717) is 11.3 Å². The van der Waals surface area contributed by atoms with Gasteiger partial charge in [0, 0.05) is 17.8 Å². The molecular weight excluding hydrogens is 218 g/mol. The summed E-state index contributed by atoms with van der Waals surface area (Å²) in [6.07, 6.45) is 8.52. The third-order valence-electron chi connectivity index (χ3n) is 4.63. The molecule has 1 nitrogen and oxygen atoms in total. The smallest absolute Gasteiger partial charge is 0.0434 e. The van der Waals surface area contributed by atoms with Crippen molar-refractivity contribution < 1.29 is 0 Å². The molecule has 1 heteroatoms. The zero-order valence-corrected chi connectivity index (χ0v) is 12.4. The van der Waals surface area contributed by atoms with Crippen LogP contribution in [0.15, 0.2) is 18.3 Å². The first-order chi connectivity index (χ1) is 8.50. The predicted octanol–water partition coefficient (Wildman–Crippen LogP) is 4.96. The lowest BCUT2D eigenvalue weighted by Crippen LogP contribution is -2.25. The monoisotopic (exact) mass is 245 g/mol. The van der Waals surface area contributed by atoms with Gasteiger partial charge in [-0.1, -0.05) is 33.8 Å². The van der Waals surface area contributed by atoms with Gasteiger partial charge in [-0.3, -0.25) is 4.98 Å². The predicted molar refractivity (Wildman–Crippen MR) is 77.8 cm³/mol. The van der Waals surface area contributed by atoms with Gasteiger partial charge in [0.25, 0.3) is 0 Å². The molecule has 0 aliphatic heterocycles. The highest BCUT2D eigenvalue weighted by Crippen LogP contribution is 2.42. The van der Waals surface area contributed by atoms with E-state index in [0.717, 1.165) is 12.3 Å². The highest BCUT2D eigenvalue weighted by molar-refractivity contribution is 5.17. The second-order valence-electron chi connectivity index (χ2n) is 6.86. The Hall–Kier alpha value is -0.850. The second kappa shape index (κ2) is 5.42. The van der Waals surface area contributed by atoms with Crippen molar-refractivity contribution in [2.24, 2.45) is 11.3 Å². The lowest BCUT2D eigenvalue weighted by molar-refractivity contribution is 0.168. The number of hydrogen-bond donors (Lipinski definition) is 0. The second-order valence-corrected chi connectivity index (χ2v) is 6.86. The largest absolute Gasteiger partial charge is 0.261 e. The Morgan fingerprint density at radius 2 is 1.78 bits per heavy atom. The van der Waals surface area contributed by atoms with Gasteiger partial charge in [0.1, 0.15) is 0 Å². The lowest BCUT2D eigenvalue weighted by atomic mass is 9.69. The van der Waals surface area contributed by atoms with Crippen molar-refractivity contribution in [3.8, 4) is 0 Å². The van der Waals surface area contributed by atoms with E-state index >= 15 is 0 Å². The van der Waals surface area contributed by atoms with E-state index in [1.807, 2.05) is 0 Å². The van der Waals surface area contributed by atoms with E-state index < -0.39 is 0 Å². The maximum atomic E-state index is 4.66. The maximum absolute atomic E-state index is 4.66. The van der Waals surface area contributed by atoms with E-state index in [1.165, 1.54) is 36.9 Å². The standard InChI is InChI=1S/C17H27N/c1-5-13-6-11-16(18-12-13)14-7-9-15(10-8-14)17(2,3)4/h6,11-12,14-15H,5,7-10H2,1-4H3. The number of nitrogens with zero attached hydrogens (tertiary/aromatic N) is 1. The molecule has 18 heavy (non-hydrogen) atoms. The van der Waals surface area contributed by atoms with Crippen LogP contribution in [0.2, 0.25) is 0 Å². The van der Waals surface area contributed by atoms with Crippen LogP contribution in [0.1, 0.15) is 70.6 Å². The SMILES string of the molecule is CCc1ccc(C2CCC(C(C)(C)C)CC2)nc1. The lowest BCUT2D eigenvalue weighted by Gasteiger charge is -2.36. The molecule has 0 atom stereocenters. The summed E-state index contributed by atoms with van der Waals surface area (Å²) in [4.78, 5) is 4.66. The molecule has 0 saturated heterocycles. The number of rotatable bonds is 2. The molecule has 100 valence electrons. The normalized spacial score (nSPS) is 25.1. The number of aromatic nitrogens is 1. The van der Waals surface area contributed by atoms with Crippen LogP contribution in [0.5, 0.6) is 0 Å². The molecule has 1 aliphatic rings. The van der Waals surface area contributed by atoms with Crippen LogP contribution in [0, 0.1) is 11.3 Å². The average Bonchev–Trinajstić information content (AvgIpc) is 2.38. The van der Waals surface area contributed by atoms with Gasteiger partial charge in [-0.2, -0.15) is 0 Å². The zero-order valence-electron chi connectivity index (χ0n) is 12.4. The minimum absolute atomic E-state index is 0.477. The van der Waals surface area contributed by atoms with Crippen LogP contribution in [-0.2, 0) is 6.42 Å². The first-order valence-corrected chi connectivity index (χ1v) is 7.45. The molecule has 1 aromatic rings. The number of hydrogen-bond acceptors (Lipinski definition) is 1. The van der Waals surface area contributed by atoms with Crippen molar-refractivity contribution in [2.75, 3.05) is 0 Å². The van der Waals surface area contributed by atoms with Gasteiger partial charge in [0.05, 0.1) is 0 Å². The van der Waals surface area contributed by atoms with Gasteiger partial charge in [0.15, 0.2) is 0 Å². The molecule has 0 aromatic carbocycles. The fourth-order valence-corrected chi connectivity index (χ4v) is 3.14. The maximum Gasteiger partial charge on any atom is 0.0434 e. The molecular formula is C17H27N. The molecule has 1 aliphatic carbocycles. The molecule has 0 bridgehead atoms. The summed E-state index contributed by atoms with van der Waals surface area (Å²) in [6.45, 7) is 9.33. The van der Waals surface area contributed by atoms with Gasteiger partial charge in [-0.15, -0.1) is 0 Å². The molecule has 1 saturated carbocycles. The minimum atomic E-state index is 0.477. The third kappa shape index (κ3) is 3.13.